The van der Waals surface area contributed by atoms with Gasteiger partial charge in [-0.15, -0.1) is 0 Å². The predicted molar refractivity (Wildman–Crippen MR) is 161 cm³/mol. The molecule has 0 saturated carbocycles. The summed E-state index contributed by atoms with van der Waals surface area (Å²) in [4.78, 5) is 28.3. The SMILES string of the molecule is Cc1c(Cl)cccc1C(=O)N1Cc2c(C)c(-c3cc(F)c4c(c3C)CCCO4)c([C@H](OC(C)(C)C)C(=O)O)c(C)c2C1. The minimum absolute atomic E-state index is 0.151. The zero-order valence-corrected chi connectivity index (χ0v) is 26.0. The highest BCUT2D eigenvalue weighted by Crippen LogP contribution is 2.47. The largest absolute Gasteiger partial charge is 0.490 e. The van der Waals surface area contributed by atoms with Crippen molar-refractivity contribution >= 4 is 23.5 Å². The number of carboxylic acid groups (broad SMARTS) is 1. The molecular weight excluding hydrogens is 557 g/mol. The van der Waals surface area contributed by atoms with Crippen molar-refractivity contribution in [2.75, 3.05) is 6.61 Å². The van der Waals surface area contributed by atoms with Gasteiger partial charge in [0.05, 0.1) is 12.2 Å². The Bertz CT molecular complexity index is 1620. The molecule has 1 amide bonds. The molecule has 2 aliphatic rings. The van der Waals surface area contributed by atoms with Crippen LogP contribution in [0.5, 0.6) is 5.75 Å². The Kier molecular flexibility index (Phi) is 7.88. The summed E-state index contributed by atoms with van der Waals surface area (Å²) in [5.74, 6) is -1.48. The first-order chi connectivity index (χ1) is 19.7. The van der Waals surface area contributed by atoms with Crippen LogP contribution in [0.15, 0.2) is 24.3 Å². The van der Waals surface area contributed by atoms with Gasteiger partial charge in [0.1, 0.15) is 0 Å². The van der Waals surface area contributed by atoms with E-state index in [4.69, 9.17) is 21.1 Å². The number of benzene rings is 3. The van der Waals surface area contributed by atoms with Gasteiger partial charge in [0.25, 0.3) is 5.91 Å². The van der Waals surface area contributed by atoms with Gasteiger partial charge in [-0.05, 0) is 124 Å². The van der Waals surface area contributed by atoms with Crippen molar-refractivity contribution in [2.45, 2.75) is 86.1 Å². The van der Waals surface area contributed by atoms with Crippen LogP contribution >= 0.6 is 11.6 Å². The van der Waals surface area contributed by atoms with Crippen molar-refractivity contribution in [1.29, 1.82) is 0 Å². The Hall–Kier alpha value is -3.42. The normalized spacial score (nSPS) is 15.2. The molecule has 0 radical (unpaired) electrons. The van der Waals surface area contributed by atoms with Crippen LogP contribution < -0.4 is 4.74 Å². The summed E-state index contributed by atoms with van der Waals surface area (Å²) in [6.45, 7) is 14.1. The summed E-state index contributed by atoms with van der Waals surface area (Å²) >= 11 is 6.33. The van der Waals surface area contributed by atoms with Crippen molar-refractivity contribution in [1.82, 2.24) is 4.90 Å². The summed E-state index contributed by atoms with van der Waals surface area (Å²) in [5.41, 5.74) is 7.25. The Labute approximate surface area is 251 Å². The molecule has 0 bridgehead atoms. The Morgan fingerprint density at radius 2 is 1.69 bits per heavy atom. The van der Waals surface area contributed by atoms with E-state index in [1.165, 1.54) is 6.07 Å². The number of carbonyl (C=O) groups excluding carboxylic acids is 1. The maximum atomic E-state index is 15.6. The van der Waals surface area contributed by atoms with Crippen molar-refractivity contribution in [3.63, 3.8) is 0 Å². The third kappa shape index (κ3) is 5.18. The average molecular weight is 594 g/mol. The summed E-state index contributed by atoms with van der Waals surface area (Å²) in [6, 6.07) is 6.74. The van der Waals surface area contributed by atoms with Crippen LogP contribution in [0.4, 0.5) is 4.39 Å². The second-order valence-corrected chi connectivity index (χ2v) is 12.7. The van der Waals surface area contributed by atoms with Gasteiger partial charge in [0.2, 0.25) is 0 Å². The van der Waals surface area contributed by atoms with E-state index in [1.54, 1.807) is 23.1 Å². The zero-order valence-electron chi connectivity index (χ0n) is 25.2. The van der Waals surface area contributed by atoms with E-state index >= 15 is 4.39 Å². The van der Waals surface area contributed by atoms with Crippen LogP contribution in [0.3, 0.4) is 0 Å². The fourth-order valence-electron chi connectivity index (χ4n) is 6.35. The van der Waals surface area contributed by atoms with Crippen LogP contribution in [-0.2, 0) is 29.0 Å². The number of rotatable bonds is 5. The highest BCUT2D eigenvalue weighted by molar-refractivity contribution is 6.31. The molecule has 42 heavy (non-hydrogen) atoms. The Morgan fingerprint density at radius 1 is 1.02 bits per heavy atom. The molecule has 0 saturated heterocycles. The monoisotopic (exact) mass is 593 g/mol. The summed E-state index contributed by atoms with van der Waals surface area (Å²) < 4.78 is 27.4. The number of hydrogen-bond acceptors (Lipinski definition) is 4. The molecule has 3 aromatic carbocycles. The minimum atomic E-state index is -1.31. The first-order valence-electron chi connectivity index (χ1n) is 14.3. The Morgan fingerprint density at radius 3 is 2.33 bits per heavy atom. The first-order valence-corrected chi connectivity index (χ1v) is 14.6. The third-order valence-electron chi connectivity index (χ3n) is 8.46. The molecule has 3 aromatic rings. The second kappa shape index (κ2) is 11.0. The average Bonchev–Trinajstić information content (AvgIpc) is 3.39. The summed E-state index contributed by atoms with van der Waals surface area (Å²) in [7, 11) is 0. The fourth-order valence-corrected chi connectivity index (χ4v) is 6.53. The molecule has 0 aromatic heterocycles. The van der Waals surface area contributed by atoms with E-state index in [0.717, 1.165) is 39.8 Å². The molecule has 1 N–H and O–H groups in total. The van der Waals surface area contributed by atoms with Gasteiger partial charge in [0, 0.05) is 34.8 Å². The lowest BCUT2D eigenvalue weighted by Gasteiger charge is -2.31. The van der Waals surface area contributed by atoms with E-state index in [2.05, 4.69) is 0 Å². The van der Waals surface area contributed by atoms with E-state index in [1.807, 2.05) is 48.5 Å². The second-order valence-electron chi connectivity index (χ2n) is 12.3. The van der Waals surface area contributed by atoms with Crippen LogP contribution in [0.2, 0.25) is 5.02 Å². The first kappa shape index (κ1) is 30.1. The number of carbonyl (C=O) groups is 2. The van der Waals surface area contributed by atoms with Crippen LogP contribution in [-0.4, -0.2) is 34.1 Å². The number of aliphatic carboxylic acids is 1. The van der Waals surface area contributed by atoms with Crippen molar-refractivity contribution in [3.8, 4) is 16.9 Å². The van der Waals surface area contributed by atoms with E-state index in [9.17, 15) is 14.7 Å². The number of carboxylic acids is 1. The molecule has 8 heteroatoms. The van der Waals surface area contributed by atoms with Crippen LogP contribution in [0.1, 0.15) is 88.2 Å². The summed E-state index contributed by atoms with van der Waals surface area (Å²) in [5, 5.41) is 11.0. The quantitative estimate of drug-likeness (QED) is 0.327. The lowest BCUT2D eigenvalue weighted by atomic mass is 9.81. The zero-order chi connectivity index (χ0) is 30.7. The third-order valence-corrected chi connectivity index (χ3v) is 8.87. The smallest absolute Gasteiger partial charge is 0.337 e. The van der Waals surface area contributed by atoms with Gasteiger partial charge in [-0.3, -0.25) is 4.79 Å². The van der Waals surface area contributed by atoms with E-state index in [0.29, 0.717) is 59.0 Å². The molecule has 222 valence electrons. The number of nitrogens with zero attached hydrogens (tertiary/aromatic N) is 1. The van der Waals surface area contributed by atoms with E-state index < -0.39 is 23.5 Å². The highest BCUT2D eigenvalue weighted by Gasteiger charge is 2.37. The number of fused-ring (bicyclic) bond motifs is 2. The maximum absolute atomic E-state index is 15.6. The number of amides is 1. The molecule has 0 aliphatic carbocycles. The van der Waals surface area contributed by atoms with Gasteiger partial charge >= 0.3 is 5.97 Å². The molecule has 0 fully saturated rings. The topological polar surface area (TPSA) is 76.1 Å². The van der Waals surface area contributed by atoms with Crippen molar-refractivity contribution < 1.29 is 28.6 Å². The lowest BCUT2D eigenvalue weighted by molar-refractivity contribution is -0.160. The minimum Gasteiger partial charge on any atom is -0.490 e. The van der Waals surface area contributed by atoms with Crippen molar-refractivity contribution in [3.05, 3.63) is 85.2 Å². The lowest BCUT2D eigenvalue weighted by Crippen LogP contribution is -2.29. The molecule has 0 unspecified atom stereocenters. The van der Waals surface area contributed by atoms with E-state index in [-0.39, 0.29) is 11.7 Å². The van der Waals surface area contributed by atoms with Crippen LogP contribution in [0.25, 0.3) is 11.1 Å². The standard InChI is InChI=1S/C34H37ClFNO5/c1-17-21-11-9-13-41-30(21)27(36)14-23(17)28-19(3)24-15-37(32(38)22-10-8-12-26(35)18(22)2)16-25(24)20(4)29(28)31(33(39)40)42-34(5,6)7/h8,10,12,14,31H,9,11,13,15-16H2,1-7H3,(H,39,40)/t31-/m0/s1. The molecular formula is C34H37ClFNO5. The van der Waals surface area contributed by atoms with Gasteiger partial charge < -0.3 is 19.5 Å². The van der Waals surface area contributed by atoms with Crippen molar-refractivity contribution in [2.24, 2.45) is 0 Å². The maximum Gasteiger partial charge on any atom is 0.337 e. The number of hydrogen-bond donors (Lipinski definition) is 1. The summed E-state index contributed by atoms with van der Waals surface area (Å²) in [6.07, 6.45) is 0.141. The fraction of sp³-hybridized carbons (Fsp3) is 0.412. The van der Waals surface area contributed by atoms with Gasteiger partial charge in [-0.25, -0.2) is 9.18 Å². The molecule has 6 nitrogen and oxygen atoms in total. The van der Waals surface area contributed by atoms with Gasteiger partial charge in [0.15, 0.2) is 17.7 Å². The molecule has 0 spiro atoms. The number of ether oxygens (including phenoxy) is 2. The molecule has 2 aliphatic heterocycles. The Balaban J connectivity index is 1.74. The molecule has 1 atom stereocenters. The molecule has 5 rings (SSSR count). The van der Waals surface area contributed by atoms with Gasteiger partial charge in [-0.1, -0.05) is 17.7 Å². The number of halogens is 2. The van der Waals surface area contributed by atoms with Crippen LogP contribution in [0, 0.1) is 33.5 Å². The molecule has 2 heterocycles. The highest BCUT2D eigenvalue weighted by atomic mass is 35.5. The van der Waals surface area contributed by atoms with Gasteiger partial charge in [-0.2, -0.15) is 0 Å². The predicted octanol–water partition coefficient (Wildman–Crippen LogP) is 7.80.